The fourth-order valence-electron chi connectivity index (χ4n) is 11.9. The van der Waals surface area contributed by atoms with Gasteiger partial charge in [0.1, 0.15) is 0 Å². The van der Waals surface area contributed by atoms with Gasteiger partial charge in [0, 0.05) is 27.5 Å². The molecule has 2 nitrogen and oxygen atoms in total. The minimum Gasteiger partial charge on any atom is -0.228 e. The van der Waals surface area contributed by atoms with Crippen molar-refractivity contribution in [3.05, 3.63) is 281 Å². The molecule has 0 bridgehead atoms. The SMILES string of the molecule is CC1(c2cccc(-c3nc(-c4ccccc4)cc(-c4ccccc4)n3)c2)C2=C(c3ccccc31)c1ccccc1C1(CC1c1cc(C3=CCCC=C3)cc(-c3ccccc3)c1)c1ccccc12. The second-order valence-electron chi connectivity index (χ2n) is 18.9. The highest BCUT2D eigenvalue weighted by molar-refractivity contribution is 6.11. The van der Waals surface area contributed by atoms with Crippen LogP contribution in [0.3, 0.4) is 0 Å². The number of hydrogen-bond donors (Lipinski definition) is 0. The van der Waals surface area contributed by atoms with E-state index in [1.807, 2.05) is 0 Å². The third-order valence-corrected chi connectivity index (χ3v) is 15.2. The molecule has 4 aliphatic carbocycles. The highest BCUT2D eigenvalue weighted by atomic mass is 14.9. The molecule has 13 rings (SSSR count). The van der Waals surface area contributed by atoms with E-state index in [9.17, 15) is 0 Å². The number of aromatic nitrogens is 2. The van der Waals surface area contributed by atoms with Crippen molar-refractivity contribution in [1.82, 2.24) is 9.97 Å². The first-order chi connectivity index (χ1) is 33.1. The van der Waals surface area contributed by atoms with Crippen LogP contribution in [0.4, 0.5) is 0 Å². The van der Waals surface area contributed by atoms with Gasteiger partial charge in [0.2, 0.25) is 0 Å². The van der Waals surface area contributed by atoms with Crippen LogP contribution >= 0.6 is 0 Å². The molecule has 3 atom stereocenters. The molecule has 3 unspecified atom stereocenters. The Bertz CT molecular complexity index is 3450. The summed E-state index contributed by atoms with van der Waals surface area (Å²) in [6, 6.07) is 78.4. The van der Waals surface area contributed by atoms with Crippen molar-refractivity contribution < 1.29 is 0 Å². The standard InChI is InChI=1S/C65H48N2/c1-64(51-30-20-29-47(40-51)63-66-59(45-25-10-4-11-26-45)41-60(67-63)46-27-12-5-13-28-46)55-34-17-14-31-52(55)61-53-32-15-18-35-56(53)65(57-36-19-16-33-54(57)62(61)64)42-58(65)50-38-48(43-21-6-2-7-22-43)37-49(39-50)44-23-8-3-9-24-44/h2,4-8,10-41,58H,3,9,42H2,1H3. The summed E-state index contributed by atoms with van der Waals surface area (Å²) in [5.74, 6) is 1.01. The number of hydrogen-bond acceptors (Lipinski definition) is 2. The molecule has 9 aromatic rings. The zero-order valence-electron chi connectivity index (χ0n) is 37.5. The van der Waals surface area contributed by atoms with E-state index in [0.717, 1.165) is 47.3 Å². The number of nitrogens with zero attached hydrogens (tertiary/aromatic N) is 2. The van der Waals surface area contributed by atoms with E-state index in [4.69, 9.17) is 9.97 Å². The summed E-state index contributed by atoms with van der Waals surface area (Å²) in [6.45, 7) is 2.46. The molecule has 1 aromatic heterocycles. The van der Waals surface area contributed by atoms with E-state index in [1.165, 1.54) is 77.9 Å². The Morgan fingerprint density at radius 2 is 1.00 bits per heavy atom. The topological polar surface area (TPSA) is 25.8 Å². The van der Waals surface area contributed by atoms with Gasteiger partial charge in [-0.25, -0.2) is 9.97 Å². The first-order valence-corrected chi connectivity index (χ1v) is 23.8. The van der Waals surface area contributed by atoms with Crippen molar-refractivity contribution >= 4 is 16.7 Å². The zero-order chi connectivity index (χ0) is 44.5. The van der Waals surface area contributed by atoms with Crippen molar-refractivity contribution in [2.45, 2.75) is 42.9 Å². The Labute approximate surface area is 393 Å². The van der Waals surface area contributed by atoms with E-state index in [0.29, 0.717) is 11.7 Å². The minimum atomic E-state index is -0.499. The lowest BCUT2D eigenvalue weighted by Gasteiger charge is -2.33. The van der Waals surface area contributed by atoms with Crippen LogP contribution in [0, 0.1) is 0 Å². The summed E-state index contributed by atoms with van der Waals surface area (Å²) in [6.07, 6.45) is 10.3. The number of benzene rings is 8. The molecule has 1 heterocycles. The second kappa shape index (κ2) is 15.6. The minimum absolute atomic E-state index is 0.210. The van der Waals surface area contributed by atoms with E-state index in [1.54, 1.807) is 0 Å². The lowest BCUT2D eigenvalue weighted by Crippen LogP contribution is -2.25. The monoisotopic (exact) mass is 856 g/mol. The van der Waals surface area contributed by atoms with Gasteiger partial charge in [0.15, 0.2) is 5.82 Å². The molecule has 318 valence electrons. The van der Waals surface area contributed by atoms with Gasteiger partial charge in [-0.3, -0.25) is 0 Å². The predicted octanol–water partition coefficient (Wildman–Crippen LogP) is 15.9. The van der Waals surface area contributed by atoms with Crippen molar-refractivity contribution in [1.29, 1.82) is 0 Å². The molecule has 1 fully saturated rings. The maximum Gasteiger partial charge on any atom is 0.160 e. The summed E-state index contributed by atoms with van der Waals surface area (Å²) >= 11 is 0. The van der Waals surface area contributed by atoms with Gasteiger partial charge < -0.3 is 0 Å². The number of allylic oxidation sites excluding steroid dienone is 5. The Morgan fingerprint density at radius 3 is 1.66 bits per heavy atom. The lowest BCUT2D eigenvalue weighted by atomic mass is 9.69. The summed E-state index contributed by atoms with van der Waals surface area (Å²) in [5.41, 5.74) is 22.9. The van der Waals surface area contributed by atoms with Gasteiger partial charge in [-0.05, 0) is 128 Å². The molecule has 1 spiro atoms. The van der Waals surface area contributed by atoms with Gasteiger partial charge in [0.05, 0.1) is 11.4 Å². The zero-order valence-corrected chi connectivity index (χ0v) is 37.5. The van der Waals surface area contributed by atoms with Crippen LogP contribution in [-0.4, -0.2) is 9.97 Å². The summed E-state index contributed by atoms with van der Waals surface area (Å²) in [7, 11) is 0. The lowest BCUT2D eigenvalue weighted by molar-refractivity contribution is 0.749. The summed E-state index contributed by atoms with van der Waals surface area (Å²) in [4.78, 5) is 10.6. The Kier molecular flexibility index (Phi) is 9.18. The fraction of sp³-hybridized carbons (Fsp3) is 0.108. The van der Waals surface area contributed by atoms with Crippen molar-refractivity contribution in [3.63, 3.8) is 0 Å². The summed E-state index contributed by atoms with van der Waals surface area (Å²) in [5, 5.41) is 0. The molecule has 67 heavy (non-hydrogen) atoms. The average Bonchev–Trinajstić information content (AvgIpc) is 4.13. The van der Waals surface area contributed by atoms with Crippen LogP contribution in [0.5, 0.6) is 0 Å². The molecule has 0 amide bonds. The molecule has 1 saturated carbocycles. The Hall–Kier alpha value is -7.94. The highest BCUT2D eigenvalue weighted by Gasteiger charge is 2.61. The third kappa shape index (κ3) is 6.31. The Morgan fingerprint density at radius 1 is 0.448 bits per heavy atom. The molecular weight excluding hydrogens is 809 g/mol. The fourth-order valence-corrected chi connectivity index (χ4v) is 11.9. The first kappa shape index (κ1) is 39.4. The van der Waals surface area contributed by atoms with Crippen molar-refractivity contribution in [3.8, 4) is 45.0 Å². The van der Waals surface area contributed by atoms with Crippen LogP contribution in [0.15, 0.2) is 231 Å². The molecular formula is C65H48N2. The highest BCUT2D eigenvalue weighted by Crippen LogP contribution is 2.70. The maximum absolute atomic E-state index is 5.29. The van der Waals surface area contributed by atoms with E-state index in [2.05, 4.69) is 237 Å². The molecule has 0 aliphatic heterocycles. The van der Waals surface area contributed by atoms with Gasteiger partial charge >= 0.3 is 0 Å². The second-order valence-corrected chi connectivity index (χ2v) is 18.9. The first-order valence-electron chi connectivity index (χ1n) is 23.8. The molecule has 4 aliphatic rings. The molecule has 0 N–H and O–H groups in total. The quantitative estimate of drug-likeness (QED) is 0.160. The molecule has 0 radical (unpaired) electrons. The van der Waals surface area contributed by atoms with Crippen LogP contribution < -0.4 is 0 Å². The van der Waals surface area contributed by atoms with E-state index in [-0.39, 0.29) is 5.41 Å². The van der Waals surface area contributed by atoms with Crippen LogP contribution in [0.1, 0.15) is 82.2 Å². The Balaban J connectivity index is 1.00. The van der Waals surface area contributed by atoms with Crippen LogP contribution in [0.25, 0.3) is 61.7 Å². The van der Waals surface area contributed by atoms with Gasteiger partial charge in [-0.2, -0.15) is 0 Å². The van der Waals surface area contributed by atoms with Crippen LogP contribution in [0.2, 0.25) is 0 Å². The molecule has 0 saturated heterocycles. The smallest absolute Gasteiger partial charge is 0.160 e. The van der Waals surface area contributed by atoms with Crippen molar-refractivity contribution in [2.24, 2.45) is 0 Å². The third-order valence-electron chi connectivity index (χ3n) is 15.2. The maximum atomic E-state index is 5.29. The molecule has 8 aromatic carbocycles. The van der Waals surface area contributed by atoms with E-state index >= 15 is 0 Å². The largest absolute Gasteiger partial charge is 0.228 e. The van der Waals surface area contributed by atoms with Gasteiger partial charge in [0.25, 0.3) is 0 Å². The van der Waals surface area contributed by atoms with E-state index < -0.39 is 5.41 Å². The average molecular weight is 857 g/mol. The van der Waals surface area contributed by atoms with Gasteiger partial charge in [-0.15, -0.1) is 0 Å². The summed E-state index contributed by atoms with van der Waals surface area (Å²) < 4.78 is 0. The van der Waals surface area contributed by atoms with Gasteiger partial charge in [-0.1, -0.05) is 212 Å². The number of rotatable bonds is 7. The van der Waals surface area contributed by atoms with Crippen LogP contribution in [-0.2, 0) is 10.8 Å². The van der Waals surface area contributed by atoms with Crippen molar-refractivity contribution in [2.75, 3.05) is 0 Å². The normalized spacial score (nSPS) is 19.8. The predicted molar refractivity (Wildman–Crippen MR) is 276 cm³/mol. The molecule has 2 heteroatoms. The number of fused-ring (bicyclic) bond motifs is 8.